The summed E-state index contributed by atoms with van der Waals surface area (Å²) >= 11 is 1.67. The van der Waals surface area contributed by atoms with Crippen LogP contribution in [-0.2, 0) is 4.79 Å². The second kappa shape index (κ2) is 4.56. The van der Waals surface area contributed by atoms with Crippen molar-refractivity contribution in [2.75, 3.05) is 5.75 Å². The van der Waals surface area contributed by atoms with E-state index in [1.165, 1.54) is 0 Å². The largest absolute Gasteiger partial charge is 0.352 e. The zero-order valence-electron chi connectivity index (χ0n) is 10.9. The summed E-state index contributed by atoms with van der Waals surface area (Å²) in [5.74, 6) is 0.601. The minimum Gasteiger partial charge on any atom is -0.352 e. The van der Waals surface area contributed by atoms with Crippen molar-refractivity contribution in [1.29, 1.82) is 0 Å². The number of carbonyl (C=O) groups is 2. The van der Waals surface area contributed by atoms with Crippen molar-refractivity contribution in [3.63, 3.8) is 0 Å². The van der Waals surface area contributed by atoms with E-state index in [1.54, 1.807) is 16.7 Å². The molecule has 0 unspecified atom stereocenters. The van der Waals surface area contributed by atoms with Crippen LogP contribution in [0.4, 0.5) is 0 Å². The number of nitrogens with zero attached hydrogens (tertiary/aromatic N) is 1. The smallest absolute Gasteiger partial charge is 0.256 e. The van der Waals surface area contributed by atoms with Gasteiger partial charge in [0, 0.05) is 17.4 Å². The summed E-state index contributed by atoms with van der Waals surface area (Å²) in [6, 6.07) is 7.38. The number of hydrogen-bond acceptors (Lipinski definition) is 3. The molecule has 2 amide bonds. The number of amides is 2. The molecule has 19 heavy (non-hydrogen) atoms. The predicted molar refractivity (Wildman–Crippen MR) is 74.9 cm³/mol. The van der Waals surface area contributed by atoms with Crippen molar-refractivity contribution in [1.82, 2.24) is 10.2 Å². The Kier molecular flexibility index (Phi) is 3.01. The molecule has 0 spiro atoms. The van der Waals surface area contributed by atoms with Gasteiger partial charge < -0.3 is 10.2 Å². The second-order valence-electron chi connectivity index (χ2n) is 5.16. The zero-order chi connectivity index (χ0) is 13.6. The van der Waals surface area contributed by atoms with E-state index >= 15 is 0 Å². The predicted octanol–water partition coefficient (Wildman–Crippen LogP) is 1.78. The first kappa shape index (κ1) is 12.5. The topological polar surface area (TPSA) is 49.4 Å². The van der Waals surface area contributed by atoms with Crippen molar-refractivity contribution in [2.24, 2.45) is 0 Å². The molecule has 4 nitrogen and oxygen atoms in total. The quantitative estimate of drug-likeness (QED) is 0.896. The van der Waals surface area contributed by atoms with Gasteiger partial charge in [-0.05, 0) is 25.5 Å². The molecule has 0 saturated carbocycles. The Labute approximate surface area is 116 Å². The van der Waals surface area contributed by atoms with Crippen LogP contribution < -0.4 is 5.32 Å². The number of rotatable bonds is 2. The maximum atomic E-state index is 12.4. The van der Waals surface area contributed by atoms with Crippen molar-refractivity contribution in [3.8, 4) is 0 Å². The lowest BCUT2D eigenvalue weighted by Crippen LogP contribution is -2.47. The average Bonchev–Trinajstić information content (AvgIpc) is 2.91. The lowest BCUT2D eigenvalue weighted by molar-refractivity contribution is -0.125. The Morgan fingerprint density at radius 1 is 1.42 bits per heavy atom. The van der Waals surface area contributed by atoms with Crippen LogP contribution in [0.5, 0.6) is 0 Å². The second-order valence-corrected chi connectivity index (χ2v) is 6.28. The van der Waals surface area contributed by atoms with E-state index in [2.05, 4.69) is 5.32 Å². The van der Waals surface area contributed by atoms with E-state index in [4.69, 9.17) is 0 Å². The van der Waals surface area contributed by atoms with Gasteiger partial charge in [-0.25, -0.2) is 0 Å². The van der Waals surface area contributed by atoms with Crippen LogP contribution in [0.15, 0.2) is 24.3 Å². The fourth-order valence-electron chi connectivity index (χ4n) is 2.62. The van der Waals surface area contributed by atoms with Crippen LogP contribution in [-0.4, -0.2) is 34.6 Å². The summed E-state index contributed by atoms with van der Waals surface area (Å²) in [7, 11) is 0. The molecule has 5 heteroatoms. The van der Waals surface area contributed by atoms with Gasteiger partial charge in [0.05, 0.1) is 0 Å². The van der Waals surface area contributed by atoms with Gasteiger partial charge >= 0.3 is 0 Å². The summed E-state index contributed by atoms with van der Waals surface area (Å²) in [5, 5.41) is 2.90. The highest BCUT2D eigenvalue weighted by molar-refractivity contribution is 7.99. The molecule has 0 aromatic heterocycles. The molecule has 2 aliphatic heterocycles. The molecule has 100 valence electrons. The first-order valence-electron chi connectivity index (χ1n) is 6.43. The van der Waals surface area contributed by atoms with Crippen LogP contribution in [0.2, 0.25) is 0 Å². The first-order valence-corrected chi connectivity index (χ1v) is 7.48. The van der Waals surface area contributed by atoms with Crippen molar-refractivity contribution >= 4 is 23.6 Å². The number of hydrogen-bond donors (Lipinski definition) is 1. The molecule has 2 atom stereocenters. The molecule has 0 aliphatic carbocycles. The van der Waals surface area contributed by atoms with Crippen LogP contribution in [0, 0.1) is 0 Å². The highest BCUT2D eigenvalue weighted by Crippen LogP contribution is 2.47. The molecule has 3 rings (SSSR count). The van der Waals surface area contributed by atoms with Gasteiger partial charge in [-0.2, -0.15) is 0 Å². The van der Waals surface area contributed by atoms with Gasteiger partial charge in [0.2, 0.25) is 5.91 Å². The Bertz CT molecular complexity index is 544. The molecular formula is C14H16N2O2S. The number of carbonyl (C=O) groups excluding carboxylic acids is 2. The minimum atomic E-state index is -0.350. The van der Waals surface area contributed by atoms with Gasteiger partial charge in [-0.1, -0.05) is 18.2 Å². The third-order valence-electron chi connectivity index (χ3n) is 3.43. The fraction of sp³-hybridized carbons (Fsp3) is 0.429. The maximum Gasteiger partial charge on any atom is 0.256 e. The monoisotopic (exact) mass is 276 g/mol. The van der Waals surface area contributed by atoms with Crippen molar-refractivity contribution in [3.05, 3.63) is 35.4 Å². The summed E-state index contributed by atoms with van der Waals surface area (Å²) < 4.78 is 0. The van der Waals surface area contributed by atoms with E-state index in [0.29, 0.717) is 5.75 Å². The molecule has 1 N–H and O–H groups in total. The number of thioether (sulfide) groups is 1. The highest BCUT2D eigenvalue weighted by atomic mass is 32.2. The van der Waals surface area contributed by atoms with E-state index < -0.39 is 0 Å². The summed E-state index contributed by atoms with van der Waals surface area (Å²) in [4.78, 5) is 26.3. The molecule has 1 aromatic rings. The van der Waals surface area contributed by atoms with Gasteiger partial charge in [0.1, 0.15) is 11.4 Å². The molecule has 0 radical (unpaired) electrons. The summed E-state index contributed by atoms with van der Waals surface area (Å²) in [6.45, 7) is 3.86. The lowest BCUT2D eigenvalue weighted by Gasteiger charge is -2.23. The molecule has 1 fully saturated rings. The molecular weight excluding hydrogens is 260 g/mol. The third kappa shape index (κ3) is 1.92. The molecule has 2 aliphatic rings. The normalized spacial score (nSPS) is 24.6. The number of nitrogens with one attached hydrogen (secondary N) is 1. The van der Waals surface area contributed by atoms with Crippen LogP contribution >= 0.6 is 11.8 Å². The van der Waals surface area contributed by atoms with Gasteiger partial charge in [-0.3, -0.25) is 9.59 Å². The number of benzene rings is 1. The molecule has 0 bridgehead atoms. The van der Waals surface area contributed by atoms with E-state index in [-0.39, 0.29) is 29.3 Å². The van der Waals surface area contributed by atoms with E-state index in [1.807, 2.05) is 38.1 Å². The van der Waals surface area contributed by atoms with Crippen molar-refractivity contribution in [2.45, 2.75) is 31.3 Å². The fourth-order valence-corrected chi connectivity index (χ4v) is 4.09. The zero-order valence-corrected chi connectivity index (χ0v) is 11.7. The lowest BCUT2D eigenvalue weighted by atomic mass is 10.1. The van der Waals surface area contributed by atoms with Gasteiger partial charge in [0.15, 0.2) is 0 Å². The maximum absolute atomic E-state index is 12.4. The van der Waals surface area contributed by atoms with Crippen LogP contribution in [0.1, 0.15) is 35.1 Å². The Hall–Kier alpha value is -1.49. The number of fused-ring (bicyclic) bond motifs is 3. The van der Waals surface area contributed by atoms with Crippen molar-refractivity contribution < 1.29 is 9.59 Å². The highest BCUT2D eigenvalue weighted by Gasteiger charge is 2.48. The third-order valence-corrected chi connectivity index (χ3v) is 4.73. The SMILES string of the molecule is CC(C)NC(=O)[C@H]1CS[C@H]2c3ccccc3C(=O)N12. The van der Waals surface area contributed by atoms with Gasteiger partial charge in [0.25, 0.3) is 5.91 Å². The Morgan fingerprint density at radius 2 is 2.16 bits per heavy atom. The Balaban J connectivity index is 1.89. The van der Waals surface area contributed by atoms with E-state index in [9.17, 15) is 9.59 Å². The van der Waals surface area contributed by atoms with Gasteiger partial charge in [-0.15, -0.1) is 11.8 Å². The van der Waals surface area contributed by atoms with Crippen LogP contribution in [0.3, 0.4) is 0 Å². The van der Waals surface area contributed by atoms with Crippen LogP contribution in [0.25, 0.3) is 0 Å². The standard InChI is InChI=1S/C14H16N2O2S/c1-8(2)15-12(17)11-7-19-14-10-6-4-3-5-9(10)13(18)16(11)14/h3-6,8,11,14H,7H2,1-2H3,(H,15,17)/t11-,14+/m1/s1. The summed E-state index contributed by atoms with van der Waals surface area (Å²) in [5.41, 5.74) is 1.78. The first-order chi connectivity index (χ1) is 9.09. The molecule has 1 saturated heterocycles. The Morgan fingerprint density at radius 3 is 2.89 bits per heavy atom. The minimum absolute atomic E-state index is 0.00612. The summed E-state index contributed by atoms with van der Waals surface area (Å²) in [6.07, 6.45) is 0. The van der Waals surface area contributed by atoms with E-state index in [0.717, 1.165) is 11.1 Å². The average molecular weight is 276 g/mol. The molecule has 1 aromatic carbocycles. The molecule has 2 heterocycles.